The highest BCUT2D eigenvalue weighted by molar-refractivity contribution is 5.73. The second-order valence-electron chi connectivity index (χ2n) is 7.82. The molecule has 5 heteroatoms. The summed E-state index contributed by atoms with van der Waals surface area (Å²) in [6.07, 6.45) is 1.59. The molecule has 4 nitrogen and oxygen atoms in total. The van der Waals surface area contributed by atoms with E-state index in [9.17, 15) is 9.18 Å². The van der Waals surface area contributed by atoms with Gasteiger partial charge in [0.2, 0.25) is 12.7 Å². The van der Waals surface area contributed by atoms with Crippen molar-refractivity contribution in [1.82, 2.24) is 4.90 Å². The second-order valence-corrected chi connectivity index (χ2v) is 7.82. The van der Waals surface area contributed by atoms with Gasteiger partial charge in [0, 0.05) is 25.6 Å². The number of ether oxygens (including phenoxy) is 2. The summed E-state index contributed by atoms with van der Waals surface area (Å²) >= 11 is 0. The van der Waals surface area contributed by atoms with Crippen molar-refractivity contribution in [2.45, 2.75) is 32.2 Å². The van der Waals surface area contributed by atoms with Gasteiger partial charge in [0.1, 0.15) is 5.82 Å². The fraction of sp³-hybridized carbons (Fsp3) is 0.269. The minimum absolute atomic E-state index is 0.0626. The highest BCUT2D eigenvalue weighted by atomic mass is 19.1. The molecule has 0 aromatic heterocycles. The lowest BCUT2D eigenvalue weighted by Crippen LogP contribution is -2.30. The highest BCUT2D eigenvalue weighted by Crippen LogP contribution is 2.36. The van der Waals surface area contributed by atoms with Crippen LogP contribution in [0.3, 0.4) is 0 Å². The zero-order valence-electron chi connectivity index (χ0n) is 17.6. The Morgan fingerprint density at radius 3 is 2.52 bits per heavy atom. The molecule has 0 aliphatic carbocycles. The minimum Gasteiger partial charge on any atom is -0.454 e. The molecule has 0 bridgehead atoms. The zero-order chi connectivity index (χ0) is 21.6. The normalized spacial score (nSPS) is 13.1. The minimum atomic E-state index is -0.287. The van der Waals surface area contributed by atoms with Gasteiger partial charge in [0.25, 0.3) is 0 Å². The summed E-state index contributed by atoms with van der Waals surface area (Å²) in [5.41, 5.74) is 2.90. The largest absolute Gasteiger partial charge is 0.454 e. The van der Waals surface area contributed by atoms with Crippen LogP contribution in [0.25, 0.3) is 0 Å². The van der Waals surface area contributed by atoms with Gasteiger partial charge in [-0.25, -0.2) is 4.39 Å². The molecule has 160 valence electrons. The summed E-state index contributed by atoms with van der Waals surface area (Å²) in [7, 11) is 0. The van der Waals surface area contributed by atoms with Crippen molar-refractivity contribution in [3.05, 3.63) is 95.3 Å². The van der Waals surface area contributed by atoms with Gasteiger partial charge in [-0.15, -0.1) is 0 Å². The van der Waals surface area contributed by atoms with Gasteiger partial charge in [0.05, 0.1) is 0 Å². The number of fused-ring (bicyclic) bond motifs is 1. The maximum absolute atomic E-state index is 14.1. The van der Waals surface area contributed by atoms with Crippen LogP contribution >= 0.6 is 0 Å². The first-order valence-corrected chi connectivity index (χ1v) is 10.5. The third kappa shape index (κ3) is 5.23. The Morgan fingerprint density at radius 1 is 1.00 bits per heavy atom. The van der Waals surface area contributed by atoms with Crippen LogP contribution in [0.4, 0.5) is 4.39 Å². The lowest BCUT2D eigenvalue weighted by atomic mass is 9.88. The van der Waals surface area contributed by atoms with Gasteiger partial charge >= 0.3 is 0 Å². The first kappa shape index (κ1) is 20.9. The summed E-state index contributed by atoms with van der Waals surface area (Å²) in [6, 6.07) is 22.9. The molecule has 3 aromatic carbocycles. The molecule has 0 saturated carbocycles. The lowest BCUT2D eigenvalue weighted by Gasteiger charge is -2.25. The second kappa shape index (κ2) is 9.65. The monoisotopic (exact) mass is 419 g/mol. The van der Waals surface area contributed by atoms with Gasteiger partial charge in [-0.2, -0.15) is 0 Å². The van der Waals surface area contributed by atoms with Crippen LogP contribution in [-0.2, 0) is 17.8 Å². The highest BCUT2D eigenvalue weighted by Gasteiger charge is 2.21. The van der Waals surface area contributed by atoms with E-state index in [0.29, 0.717) is 12.1 Å². The predicted molar refractivity (Wildman–Crippen MR) is 118 cm³/mol. The number of carbonyl (C=O) groups excluding carboxylic acids is 1. The van der Waals surface area contributed by atoms with Gasteiger partial charge in [0.15, 0.2) is 11.5 Å². The average Bonchev–Trinajstić information content (AvgIpc) is 3.25. The molecule has 1 aliphatic heterocycles. The smallest absolute Gasteiger partial charge is 0.231 e. The Balaban J connectivity index is 1.53. The Kier molecular flexibility index (Phi) is 6.51. The van der Waals surface area contributed by atoms with Gasteiger partial charge in [-0.1, -0.05) is 54.6 Å². The summed E-state index contributed by atoms with van der Waals surface area (Å²) in [5.74, 6) is 1.34. The quantitative estimate of drug-likeness (QED) is 0.496. The molecule has 0 spiro atoms. The Morgan fingerprint density at radius 2 is 1.74 bits per heavy atom. The molecule has 1 aliphatic rings. The summed E-state index contributed by atoms with van der Waals surface area (Å²) in [6.45, 7) is 2.58. The Labute approximate surface area is 182 Å². The molecule has 4 rings (SSSR count). The summed E-state index contributed by atoms with van der Waals surface area (Å²) in [4.78, 5) is 14.0. The number of benzene rings is 3. The van der Waals surface area contributed by atoms with Crippen molar-refractivity contribution in [3.8, 4) is 11.5 Å². The van der Waals surface area contributed by atoms with Gasteiger partial charge < -0.3 is 14.4 Å². The number of halogens is 1. The fourth-order valence-electron chi connectivity index (χ4n) is 3.94. The number of hydrogen-bond acceptors (Lipinski definition) is 3. The molecule has 0 radical (unpaired) electrons. The van der Waals surface area contributed by atoms with Crippen molar-refractivity contribution < 1.29 is 18.7 Å². The molecule has 31 heavy (non-hydrogen) atoms. The van der Waals surface area contributed by atoms with E-state index in [4.69, 9.17) is 9.47 Å². The third-order valence-corrected chi connectivity index (χ3v) is 5.70. The van der Waals surface area contributed by atoms with Crippen LogP contribution in [0.1, 0.15) is 36.0 Å². The number of carbonyl (C=O) groups is 1. The number of rotatable bonds is 8. The van der Waals surface area contributed by atoms with E-state index in [1.54, 1.807) is 23.1 Å². The molecule has 1 atom stereocenters. The molecule has 3 aromatic rings. The molecule has 0 fully saturated rings. The van der Waals surface area contributed by atoms with E-state index in [1.165, 1.54) is 18.6 Å². The molecule has 0 N–H and O–H groups in total. The van der Waals surface area contributed by atoms with E-state index in [-0.39, 0.29) is 31.0 Å². The van der Waals surface area contributed by atoms with Gasteiger partial charge in [-0.05, 0) is 48.1 Å². The van der Waals surface area contributed by atoms with Crippen molar-refractivity contribution >= 4 is 5.91 Å². The SMILES string of the molecule is CC(=O)N(CC[C@H](Cc1ccccc1)c1ccc2c(c1)OCO2)Cc1ccccc1F. The summed E-state index contributed by atoms with van der Waals surface area (Å²) in [5, 5.41) is 0. The molecule has 0 unspecified atom stereocenters. The summed E-state index contributed by atoms with van der Waals surface area (Å²) < 4.78 is 25.1. The van der Waals surface area contributed by atoms with Crippen LogP contribution in [0, 0.1) is 5.82 Å². The van der Waals surface area contributed by atoms with Crippen LogP contribution in [0.15, 0.2) is 72.8 Å². The maximum atomic E-state index is 14.1. The van der Waals surface area contributed by atoms with Crippen LogP contribution in [-0.4, -0.2) is 24.1 Å². The van der Waals surface area contributed by atoms with E-state index in [2.05, 4.69) is 18.2 Å². The predicted octanol–water partition coefficient (Wildman–Crippen LogP) is 5.32. The van der Waals surface area contributed by atoms with Gasteiger partial charge in [-0.3, -0.25) is 4.79 Å². The first-order chi connectivity index (χ1) is 15.1. The number of amides is 1. The van der Waals surface area contributed by atoms with Crippen molar-refractivity contribution in [2.75, 3.05) is 13.3 Å². The fourth-order valence-corrected chi connectivity index (χ4v) is 3.94. The molecule has 0 saturated heterocycles. The van der Waals surface area contributed by atoms with Crippen LogP contribution in [0.2, 0.25) is 0 Å². The van der Waals surface area contributed by atoms with Crippen LogP contribution in [0.5, 0.6) is 11.5 Å². The van der Waals surface area contributed by atoms with Crippen molar-refractivity contribution in [3.63, 3.8) is 0 Å². The van der Waals surface area contributed by atoms with E-state index >= 15 is 0 Å². The molecular formula is C26H26FNO3. The zero-order valence-corrected chi connectivity index (χ0v) is 17.6. The van der Waals surface area contributed by atoms with Crippen molar-refractivity contribution in [1.29, 1.82) is 0 Å². The van der Waals surface area contributed by atoms with Crippen LogP contribution < -0.4 is 9.47 Å². The van der Waals surface area contributed by atoms with E-state index in [1.807, 2.05) is 30.3 Å². The van der Waals surface area contributed by atoms with E-state index < -0.39 is 0 Å². The lowest BCUT2D eigenvalue weighted by molar-refractivity contribution is -0.129. The topological polar surface area (TPSA) is 38.8 Å². The Bertz CT molecular complexity index is 1040. The Hall–Kier alpha value is -3.34. The van der Waals surface area contributed by atoms with E-state index in [0.717, 1.165) is 29.9 Å². The molecule has 1 heterocycles. The number of hydrogen-bond donors (Lipinski definition) is 0. The molecular weight excluding hydrogens is 393 g/mol. The third-order valence-electron chi connectivity index (χ3n) is 5.70. The maximum Gasteiger partial charge on any atom is 0.231 e. The standard InChI is InChI=1S/C26H26FNO3/c1-19(29)28(17-23-9-5-6-10-24(23)27)14-13-22(15-20-7-3-2-4-8-20)21-11-12-25-26(16-21)31-18-30-25/h2-12,16,22H,13-15,17-18H2,1H3/t22-/m1/s1. The number of nitrogens with zero attached hydrogens (tertiary/aromatic N) is 1. The first-order valence-electron chi connectivity index (χ1n) is 10.5. The average molecular weight is 419 g/mol. The molecule has 1 amide bonds. The van der Waals surface area contributed by atoms with Crippen molar-refractivity contribution in [2.24, 2.45) is 0 Å².